The molecule has 186 valence electrons. The molecule has 0 aromatic carbocycles. The van der Waals surface area contributed by atoms with Crippen molar-refractivity contribution in [2.45, 2.75) is 51.2 Å². The predicted molar refractivity (Wildman–Crippen MR) is 123 cm³/mol. The number of likely N-dealkylation sites (tertiary alicyclic amines) is 1. The Morgan fingerprint density at radius 3 is 2.45 bits per heavy atom. The lowest BCUT2D eigenvalue weighted by Crippen LogP contribution is -2.56. The van der Waals surface area contributed by atoms with Crippen LogP contribution in [0, 0.1) is 5.92 Å². The molecule has 1 aliphatic rings. The first-order chi connectivity index (χ1) is 15.6. The summed E-state index contributed by atoms with van der Waals surface area (Å²) in [5, 5.41) is 7.71. The van der Waals surface area contributed by atoms with Crippen LogP contribution >= 0.6 is 15.9 Å². The number of amides is 4. The second-order valence-corrected chi connectivity index (χ2v) is 8.57. The van der Waals surface area contributed by atoms with Crippen LogP contribution in [0.5, 0.6) is 0 Å². The summed E-state index contributed by atoms with van der Waals surface area (Å²) in [7, 11) is 1.22. The third kappa shape index (κ3) is 9.40. The Balaban J connectivity index is 2.82. The van der Waals surface area contributed by atoms with Crippen molar-refractivity contribution in [2.24, 2.45) is 5.92 Å². The number of alkyl halides is 1. The second-order valence-electron chi connectivity index (χ2n) is 7.92. The van der Waals surface area contributed by atoms with Crippen molar-refractivity contribution in [3.63, 3.8) is 0 Å². The summed E-state index contributed by atoms with van der Waals surface area (Å²) in [6.07, 6.45) is 2.01. The lowest BCUT2D eigenvalue weighted by molar-refractivity contribution is -0.146. The van der Waals surface area contributed by atoms with Gasteiger partial charge in [-0.15, -0.1) is 0 Å². The molecule has 1 heterocycles. The monoisotopic (exact) mass is 532 g/mol. The number of carbonyl (C=O) groups is 5. The third-order valence-electron chi connectivity index (χ3n) is 4.86. The summed E-state index contributed by atoms with van der Waals surface area (Å²) < 4.78 is 9.41. The van der Waals surface area contributed by atoms with E-state index in [0.29, 0.717) is 25.8 Å². The lowest BCUT2D eigenvalue weighted by Gasteiger charge is -2.30. The van der Waals surface area contributed by atoms with Gasteiger partial charge in [-0.05, 0) is 25.2 Å². The van der Waals surface area contributed by atoms with Crippen LogP contribution in [0.2, 0.25) is 0 Å². The number of rotatable bonds is 12. The van der Waals surface area contributed by atoms with Crippen molar-refractivity contribution in [3.05, 3.63) is 12.7 Å². The Labute approximate surface area is 202 Å². The zero-order valence-electron chi connectivity index (χ0n) is 19.2. The number of alkyl carbamates (subject to hydrolysis) is 1. The molecule has 11 nitrogen and oxygen atoms in total. The first-order valence-electron chi connectivity index (χ1n) is 10.7. The van der Waals surface area contributed by atoms with Crippen molar-refractivity contribution < 1.29 is 33.4 Å². The van der Waals surface area contributed by atoms with Gasteiger partial charge in [-0.3, -0.25) is 14.4 Å². The van der Waals surface area contributed by atoms with Gasteiger partial charge in [-0.2, -0.15) is 0 Å². The molecular weight excluding hydrogens is 500 g/mol. The van der Waals surface area contributed by atoms with E-state index in [-0.39, 0.29) is 24.4 Å². The Morgan fingerprint density at radius 2 is 1.88 bits per heavy atom. The van der Waals surface area contributed by atoms with Gasteiger partial charge in [0.1, 0.15) is 31.3 Å². The number of methoxy groups -OCH3 is 1. The average molecular weight is 533 g/mol. The number of nitrogens with one attached hydrogen (secondary N) is 3. The SMILES string of the molecule is C=CCOC(=O)NCC(=O)N[C@@H](CC(C)C)C(=O)N1CCC[C@H]1C(=O)N[C@@H](CBr)C(=O)OC. The fourth-order valence-electron chi connectivity index (χ4n) is 3.35. The van der Waals surface area contributed by atoms with Gasteiger partial charge in [0.05, 0.1) is 7.11 Å². The summed E-state index contributed by atoms with van der Waals surface area (Å²) in [5.41, 5.74) is 0. The van der Waals surface area contributed by atoms with Gasteiger partial charge in [0, 0.05) is 11.9 Å². The van der Waals surface area contributed by atoms with E-state index in [1.165, 1.54) is 18.1 Å². The minimum Gasteiger partial charge on any atom is -0.467 e. The molecule has 0 aliphatic carbocycles. The molecule has 1 saturated heterocycles. The molecule has 0 unspecified atom stereocenters. The molecule has 1 aliphatic heterocycles. The first kappa shape index (κ1) is 28.4. The van der Waals surface area contributed by atoms with Crippen LogP contribution in [0.4, 0.5) is 4.79 Å². The average Bonchev–Trinajstić information content (AvgIpc) is 3.28. The molecule has 3 atom stereocenters. The minimum absolute atomic E-state index is 0.00619. The van der Waals surface area contributed by atoms with E-state index in [9.17, 15) is 24.0 Å². The van der Waals surface area contributed by atoms with Gasteiger partial charge in [0.15, 0.2) is 0 Å². The zero-order chi connectivity index (χ0) is 25.0. The van der Waals surface area contributed by atoms with Crippen molar-refractivity contribution in [1.82, 2.24) is 20.9 Å². The van der Waals surface area contributed by atoms with Crippen LogP contribution < -0.4 is 16.0 Å². The molecule has 0 aromatic rings. The molecule has 3 N–H and O–H groups in total. The Morgan fingerprint density at radius 1 is 1.18 bits per heavy atom. The van der Waals surface area contributed by atoms with Gasteiger partial charge in [0.25, 0.3) is 0 Å². The number of hydrogen-bond donors (Lipinski definition) is 3. The second kappa shape index (κ2) is 14.5. The molecule has 0 radical (unpaired) electrons. The summed E-state index contributed by atoms with van der Waals surface area (Å²) in [4.78, 5) is 63.1. The highest BCUT2D eigenvalue weighted by molar-refractivity contribution is 9.09. The van der Waals surface area contributed by atoms with E-state index in [1.54, 1.807) is 0 Å². The molecule has 0 spiro atoms. The molecule has 0 bridgehead atoms. The van der Waals surface area contributed by atoms with Gasteiger partial charge in [-0.25, -0.2) is 9.59 Å². The van der Waals surface area contributed by atoms with Crippen molar-refractivity contribution in [3.8, 4) is 0 Å². The number of carbonyl (C=O) groups excluding carboxylic acids is 5. The predicted octanol–water partition coefficient (Wildman–Crippen LogP) is 0.473. The fourth-order valence-corrected chi connectivity index (χ4v) is 3.78. The molecule has 12 heteroatoms. The first-order valence-corrected chi connectivity index (χ1v) is 11.8. The van der Waals surface area contributed by atoms with Crippen molar-refractivity contribution in [2.75, 3.05) is 32.1 Å². The largest absolute Gasteiger partial charge is 0.467 e. The maximum Gasteiger partial charge on any atom is 0.407 e. The smallest absolute Gasteiger partial charge is 0.407 e. The van der Waals surface area contributed by atoms with Crippen LogP contribution in [0.25, 0.3) is 0 Å². The van der Waals surface area contributed by atoms with E-state index in [4.69, 9.17) is 4.74 Å². The zero-order valence-corrected chi connectivity index (χ0v) is 20.8. The van der Waals surface area contributed by atoms with E-state index in [2.05, 4.69) is 43.2 Å². The van der Waals surface area contributed by atoms with E-state index in [0.717, 1.165) is 0 Å². The molecule has 0 aromatic heterocycles. The van der Waals surface area contributed by atoms with Gasteiger partial charge >= 0.3 is 12.1 Å². The van der Waals surface area contributed by atoms with Gasteiger partial charge in [0.2, 0.25) is 17.7 Å². The van der Waals surface area contributed by atoms with Crippen LogP contribution in [-0.2, 0) is 28.7 Å². The van der Waals surface area contributed by atoms with E-state index < -0.39 is 47.9 Å². The summed E-state index contributed by atoms with van der Waals surface area (Å²) in [6, 6.07) is -2.51. The highest BCUT2D eigenvalue weighted by atomic mass is 79.9. The number of ether oxygens (including phenoxy) is 2. The Kier molecular flexibility index (Phi) is 12.5. The number of nitrogens with zero attached hydrogens (tertiary/aromatic N) is 1. The van der Waals surface area contributed by atoms with Gasteiger partial charge < -0.3 is 30.3 Å². The quantitative estimate of drug-likeness (QED) is 0.188. The Hall–Kier alpha value is -2.63. The topological polar surface area (TPSA) is 143 Å². The number of hydrogen-bond acceptors (Lipinski definition) is 7. The maximum absolute atomic E-state index is 13.3. The molecule has 0 saturated carbocycles. The molecule has 1 fully saturated rings. The summed E-state index contributed by atoms with van der Waals surface area (Å²) in [6.45, 7) is 7.22. The highest BCUT2D eigenvalue weighted by Gasteiger charge is 2.39. The fraction of sp³-hybridized carbons (Fsp3) is 0.667. The minimum atomic E-state index is -0.877. The molecular formula is C21H33BrN4O7. The summed E-state index contributed by atoms with van der Waals surface area (Å²) >= 11 is 3.17. The standard InChI is InChI=1S/C21H33BrN4O7/c1-5-9-33-21(31)23-12-17(27)24-14(10-13(2)3)19(29)26-8-6-7-16(26)18(28)25-15(11-22)20(30)32-4/h5,13-16H,1,6-12H2,2-4H3,(H,23,31)(H,24,27)(H,25,28)/t14-,15-,16-/m0/s1. The number of halogens is 1. The lowest BCUT2D eigenvalue weighted by atomic mass is 10.0. The van der Waals surface area contributed by atoms with Crippen molar-refractivity contribution >= 4 is 45.7 Å². The van der Waals surface area contributed by atoms with Crippen LogP contribution in [0.1, 0.15) is 33.1 Å². The van der Waals surface area contributed by atoms with Crippen LogP contribution in [-0.4, -0.2) is 84.9 Å². The van der Waals surface area contributed by atoms with Crippen LogP contribution in [0.15, 0.2) is 12.7 Å². The van der Waals surface area contributed by atoms with E-state index in [1.807, 2.05) is 13.8 Å². The van der Waals surface area contributed by atoms with Crippen molar-refractivity contribution in [1.29, 1.82) is 0 Å². The van der Waals surface area contributed by atoms with Gasteiger partial charge in [-0.1, -0.05) is 42.4 Å². The summed E-state index contributed by atoms with van der Waals surface area (Å²) in [5.74, 6) is -1.93. The van der Waals surface area contributed by atoms with Crippen LogP contribution in [0.3, 0.4) is 0 Å². The maximum atomic E-state index is 13.3. The normalized spacial score (nSPS) is 17.0. The van der Waals surface area contributed by atoms with E-state index >= 15 is 0 Å². The highest BCUT2D eigenvalue weighted by Crippen LogP contribution is 2.20. The molecule has 4 amide bonds. The Bertz CT molecular complexity index is 731. The molecule has 33 heavy (non-hydrogen) atoms. The number of esters is 1. The molecule has 1 rings (SSSR count). The third-order valence-corrected chi connectivity index (χ3v) is 5.51.